The van der Waals surface area contributed by atoms with Crippen molar-refractivity contribution < 1.29 is 9.47 Å². The van der Waals surface area contributed by atoms with E-state index in [1.807, 2.05) is 30.7 Å². The molecule has 0 radical (unpaired) electrons. The number of halogens is 1. The summed E-state index contributed by atoms with van der Waals surface area (Å²) in [5.74, 6) is 4.28. The second kappa shape index (κ2) is 13.6. The molecule has 1 saturated heterocycles. The lowest BCUT2D eigenvalue weighted by Gasteiger charge is -2.27. The molecule has 1 fully saturated rings. The normalized spacial score (nSPS) is 14.7. The van der Waals surface area contributed by atoms with Crippen molar-refractivity contribution in [1.82, 2.24) is 25.0 Å². The van der Waals surface area contributed by atoms with Gasteiger partial charge in [-0.2, -0.15) is 0 Å². The van der Waals surface area contributed by atoms with Crippen molar-refractivity contribution in [2.24, 2.45) is 18.0 Å². The Morgan fingerprint density at radius 3 is 2.59 bits per heavy atom. The fourth-order valence-corrected chi connectivity index (χ4v) is 3.67. The van der Waals surface area contributed by atoms with Crippen molar-refractivity contribution >= 4 is 29.9 Å². The van der Waals surface area contributed by atoms with Crippen molar-refractivity contribution in [3.05, 3.63) is 41.5 Å². The van der Waals surface area contributed by atoms with Crippen LogP contribution in [0, 0.1) is 12.8 Å². The third-order valence-electron chi connectivity index (χ3n) is 5.98. The van der Waals surface area contributed by atoms with E-state index in [0.717, 1.165) is 81.3 Å². The maximum Gasteiger partial charge on any atom is 0.194 e. The number of ether oxygens (including phenoxy) is 2. The zero-order chi connectivity index (χ0) is 22.1. The first-order valence-electron chi connectivity index (χ1n) is 11.1. The molecule has 0 amide bonds. The Labute approximate surface area is 208 Å². The van der Waals surface area contributed by atoms with E-state index in [1.165, 1.54) is 5.56 Å². The minimum atomic E-state index is 0. The number of guanidine groups is 1. The highest BCUT2D eigenvalue weighted by Gasteiger charge is 2.16. The molecule has 0 aliphatic carbocycles. The SMILES string of the molecule is COc1ccc(CCNC(=NCc2nnc(C)n2C)N(C)CCC2CCOCC2)cc1.I. The number of aliphatic imine (C=N–C) groups is 1. The summed E-state index contributed by atoms with van der Waals surface area (Å²) in [6, 6.07) is 8.21. The number of nitrogens with one attached hydrogen (secondary N) is 1. The van der Waals surface area contributed by atoms with Crippen LogP contribution in [-0.4, -0.2) is 66.1 Å². The number of hydrogen-bond acceptors (Lipinski definition) is 5. The number of aryl methyl sites for hydroxylation is 1. The fraction of sp³-hybridized carbons (Fsp3) is 0.609. The molecular weight excluding hydrogens is 519 g/mol. The summed E-state index contributed by atoms with van der Waals surface area (Å²) in [5.41, 5.74) is 1.27. The Hall–Kier alpha value is -1.88. The molecule has 32 heavy (non-hydrogen) atoms. The number of rotatable bonds is 9. The molecular formula is C23H37IN6O2. The average molecular weight is 556 g/mol. The van der Waals surface area contributed by atoms with E-state index in [2.05, 4.69) is 39.6 Å². The summed E-state index contributed by atoms with van der Waals surface area (Å²) in [5, 5.41) is 11.9. The molecule has 2 aromatic rings. The molecule has 2 heterocycles. The largest absolute Gasteiger partial charge is 0.497 e. The van der Waals surface area contributed by atoms with E-state index in [1.54, 1.807) is 7.11 Å². The molecule has 1 aromatic heterocycles. The van der Waals surface area contributed by atoms with Gasteiger partial charge in [0.2, 0.25) is 0 Å². The molecule has 0 unspecified atom stereocenters. The van der Waals surface area contributed by atoms with Crippen molar-refractivity contribution in [1.29, 1.82) is 0 Å². The van der Waals surface area contributed by atoms with Crippen LogP contribution < -0.4 is 10.1 Å². The molecule has 0 atom stereocenters. The minimum Gasteiger partial charge on any atom is -0.497 e. The van der Waals surface area contributed by atoms with Gasteiger partial charge >= 0.3 is 0 Å². The van der Waals surface area contributed by atoms with Crippen LogP contribution in [0.15, 0.2) is 29.3 Å². The lowest BCUT2D eigenvalue weighted by molar-refractivity contribution is 0.0625. The zero-order valence-corrected chi connectivity index (χ0v) is 22.0. The van der Waals surface area contributed by atoms with Gasteiger partial charge < -0.3 is 24.3 Å². The summed E-state index contributed by atoms with van der Waals surface area (Å²) in [4.78, 5) is 7.08. The van der Waals surface area contributed by atoms with Crippen LogP contribution >= 0.6 is 24.0 Å². The maximum atomic E-state index is 5.49. The molecule has 9 heteroatoms. The van der Waals surface area contributed by atoms with Crippen LogP contribution in [0.2, 0.25) is 0 Å². The number of nitrogens with zero attached hydrogens (tertiary/aromatic N) is 5. The van der Waals surface area contributed by atoms with Gasteiger partial charge in [0.05, 0.1) is 7.11 Å². The third kappa shape index (κ3) is 7.91. The van der Waals surface area contributed by atoms with E-state index in [4.69, 9.17) is 14.5 Å². The van der Waals surface area contributed by atoms with Crippen LogP contribution in [0.4, 0.5) is 0 Å². The maximum absolute atomic E-state index is 5.49. The Morgan fingerprint density at radius 1 is 1.25 bits per heavy atom. The quantitative estimate of drug-likeness (QED) is 0.291. The highest BCUT2D eigenvalue weighted by Crippen LogP contribution is 2.18. The van der Waals surface area contributed by atoms with Crippen LogP contribution in [0.5, 0.6) is 5.75 Å². The summed E-state index contributed by atoms with van der Waals surface area (Å²) in [7, 11) is 5.78. The lowest BCUT2D eigenvalue weighted by Crippen LogP contribution is -2.41. The summed E-state index contributed by atoms with van der Waals surface area (Å²) >= 11 is 0. The third-order valence-corrected chi connectivity index (χ3v) is 5.98. The van der Waals surface area contributed by atoms with Gasteiger partial charge in [-0.1, -0.05) is 12.1 Å². The minimum absolute atomic E-state index is 0. The summed E-state index contributed by atoms with van der Waals surface area (Å²) in [6.45, 7) is 6.02. The van der Waals surface area contributed by atoms with Gasteiger partial charge in [-0.3, -0.25) is 0 Å². The predicted octanol–water partition coefficient (Wildman–Crippen LogP) is 3.19. The van der Waals surface area contributed by atoms with Gasteiger partial charge in [0.15, 0.2) is 11.8 Å². The monoisotopic (exact) mass is 556 g/mol. The van der Waals surface area contributed by atoms with Crippen LogP contribution in [0.1, 0.15) is 36.5 Å². The van der Waals surface area contributed by atoms with Gasteiger partial charge in [0.1, 0.15) is 18.1 Å². The van der Waals surface area contributed by atoms with Crippen molar-refractivity contribution in [2.45, 2.75) is 39.2 Å². The van der Waals surface area contributed by atoms with E-state index in [-0.39, 0.29) is 24.0 Å². The Balaban J connectivity index is 0.00000363. The number of benzene rings is 1. The number of hydrogen-bond donors (Lipinski definition) is 1. The molecule has 178 valence electrons. The molecule has 1 N–H and O–H groups in total. The molecule has 1 aliphatic rings. The standard InChI is InChI=1S/C23H36N6O2.HI/c1-18-26-27-22(29(18)3)17-25-23(28(2)14-10-20-11-15-31-16-12-20)24-13-9-19-5-7-21(30-4)8-6-19;/h5-8,20H,9-17H2,1-4H3,(H,24,25);1H. The van der Waals surface area contributed by atoms with Crippen LogP contribution in [-0.2, 0) is 24.8 Å². The van der Waals surface area contributed by atoms with Crippen molar-refractivity contribution in [3.63, 3.8) is 0 Å². The molecule has 8 nitrogen and oxygen atoms in total. The van der Waals surface area contributed by atoms with E-state index in [9.17, 15) is 0 Å². The Morgan fingerprint density at radius 2 is 1.97 bits per heavy atom. The second-order valence-electron chi connectivity index (χ2n) is 8.15. The molecule has 0 spiro atoms. The van der Waals surface area contributed by atoms with E-state index in [0.29, 0.717) is 6.54 Å². The molecule has 0 bridgehead atoms. The average Bonchev–Trinajstić information content (AvgIpc) is 3.13. The Kier molecular flexibility index (Phi) is 11.2. The second-order valence-corrected chi connectivity index (χ2v) is 8.15. The Bertz CT molecular complexity index is 834. The molecule has 0 saturated carbocycles. The highest BCUT2D eigenvalue weighted by atomic mass is 127. The van der Waals surface area contributed by atoms with Gasteiger partial charge in [0, 0.05) is 40.4 Å². The van der Waals surface area contributed by atoms with Gasteiger partial charge in [-0.15, -0.1) is 34.2 Å². The molecule has 1 aliphatic heterocycles. The van der Waals surface area contributed by atoms with Crippen LogP contribution in [0.25, 0.3) is 0 Å². The highest BCUT2D eigenvalue weighted by molar-refractivity contribution is 14.0. The smallest absolute Gasteiger partial charge is 0.194 e. The van der Waals surface area contributed by atoms with E-state index < -0.39 is 0 Å². The first kappa shape index (κ1) is 26.4. The topological polar surface area (TPSA) is 76.8 Å². The van der Waals surface area contributed by atoms with Crippen molar-refractivity contribution in [2.75, 3.05) is 40.5 Å². The van der Waals surface area contributed by atoms with Gasteiger partial charge in [0.25, 0.3) is 0 Å². The fourth-order valence-electron chi connectivity index (χ4n) is 3.67. The van der Waals surface area contributed by atoms with Gasteiger partial charge in [-0.05, 0) is 56.2 Å². The first-order chi connectivity index (χ1) is 15.1. The summed E-state index contributed by atoms with van der Waals surface area (Å²) in [6.07, 6.45) is 4.38. The molecule has 1 aromatic carbocycles. The van der Waals surface area contributed by atoms with E-state index >= 15 is 0 Å². The zero-order valence-electron chi connectivity index (χ0n) is 19.7. The lowest BCUT2D eigenvalue weighted by atomic mass is 9.96. The molecule has 3 rings (SSSR count). The van der Waals surface area contributed by atoms with Crippen LogP contribution in [0.3, 0.4) is 0 Å². The van der Waals surface area contributed by atoms with Gasteiger partial charge in [-0.25, -0.2) is 4.99 Å². The number of aromatic nitrogens is 3. The predicted molar refractivity (Wildman–Crippen MR) is 138 cm³/mol. The number of methoxy groups -OCH3 is 1. The summed E-state index contributed by atoms with van der Waals surface area (Å²) < 4.78 is 12.7. The van der Waals surface area contributed by atoms with Crippen molar-refractivity contribution in [3.8, 4) is 5.75 Å². The first-order valence-corrected chi connectivity index (χ1v) is 11.1.